The first-order valence-corrected chi connectivity index (χ1v) is 6.23. The van der Waals surface area contributed by atoms with E-state index in [0.29, 0.717) is 0 Å². The van der Waals surface area contributed by atoms with E-state index >= 15 is 0 Å². The summed E-state index contributed by atoms with van der Waals surface area (Å²) in [5, 5.41) is 21.2. The second-order valence-corrected chi connectivity index (χ2v) is 5.24. The maximum atomic E-state index is 11.8. The fourth-order valence-corrected chi connectivity index (χ4v) is 2.34. The van der Waals surface area contributed by atoms with Gasteiger partial charge in [-0.3, -0.25) is 4.90 Å². The normalized spacial score (nSPS) is 28.0. The summed E-state index contributed by atoms with van der Waals surface area (Å²) in [6.07, 6.45) is -0.589. The number of cyclic esters (lactones) is 1. The summed E-state index contributed by atoms with van der Waals surface area (Å²) in [5.74, 6) is -1.45. The number of hydrogen-bond donors (Lipinski definition) is 1. The van der Waals surface area contributed by atoms with Crippen molar-refractivity contribution < 1.29 is 54.1 Å². The Morgan fingerprint density at radius 1 is 1.33 bits per heavy atom. The molecule has 1 saturated heterocycles. The molecule has 21 heavy (non-hydrogen) atoms. The zero-order chi connectivity index (χ0) is 15.0. The molecule has 108 valence electrons. The van der Waals surface area contributed by atoms with E-state index in [1.807, 2.05) is 30.3 Å². The van der Waals surface area contributed by atoms with E-state index in [-0.39, 0.29) is 36.0 Å². The molecule has 1 aromatic rings. The molecule has 6 nitrogen and oxygen atoms in total. The minimum absolute atomic E-state index is 0. The number of aliphatic hydroxyl groups is 1. The van der Waals surface area contributed by atoms with E-state index in [1.165, 1.54) is 6.92 Å². The van der Waals surface area contributed by atoms with Crippen LogP contribution in [0.3, 0.4) is 0 Å². The van der Waals surface area contributed by atoms with Gasteiger partial charge in [0, 0.05) is 6.42 Å². The van der Waals surface area contributed by atoms with Crippen molar-refractivity contribution in [2.24, 2.45) is 0 Å². The number of nitrogens with zero attached hydrogens (tertiary/aromatic N) is 1. The Kier molecular flexibility index (Phi) is 5.44. The molecular formula is C14H16NNaO5. The first kappa shape index (κ1) is 18.0. The van der Waals surface area contributed by atoms with Crippen molar-refractivity contribution in [1.29, 1.82) is 0 Å². The monoisotopic (exact) mass is 301 g/mol. The van der Waals surface area contributed by atoms with Gasteiger partial charge in [-0.05, 0) is 19.4 Å². The van der Waals surface area contributed by atoms with Crippen LogP contribution >= 0.6 is 0 Å². The van der Waals surface area contributed by atoms with Crippen LogP contribution in [0.1, 0.15) is 19.4 Å². The third-order valence-electron chi connectivity index (χ3n) is 3.73. The quantitative estimate of drug-likeness (QED) is 0.595. The summed E-state index contributed by atoms with van der Waals surface area (Å²) >= 11 is 0. The first-order chi connectivity index (χ1) is 9.26. The zero-order valence-corrected chi connectivity index (χ0v) is 14.3. The van der Waals surface area contributed by atoms with E-state index in [9.17, 15) is 19.8 Å². The number of carbonyl (C=O) groups excluding carboxylic acids is 2. The molecule has 2 unspecified atom stereocenters. The van der Waals surface area contributed by atoms with E-state index < -0.39 is 29.9 Å². The second kappa shape index (κ2) is 6.36. The topological polar surface area (TPSA) is 89.9 Å². The molecular weight excluding hydrogens is 285 g/mol. The predicted molar refractivity (Wildman–Crippen MR) is 67.4 cm³/mol. The fraction of sp³-hybridized carbons (Fsp3) is 0.429. The van der Waals surface area contributed by atoms with E-state index in [0.717, 1.165) is 10.5 Å². The number of carbonyl (C=O) groups is 2. The second-order valence-electron chi connectivity index (χ2n) is 5.24. The fourth-order valence-electron chi connectivity index (χ4n) is 2.34. The summed E-state index contributed by atoms with van der Waals surface area (Å²) < 4.78 is 5.23. The average Bonchev–Trinajstić information content (AvgIpc) is 2.50. The van der Waals surface area contributed by atoms with Gasteiger partial charge in [-0.1, -0.05) is 30.3 Å². The molecule has 1 aliphatic heterocycles. The molecule has 0 aromatic heterocycles. The van der Waals surface area contributed by atoms with E-state index in [2.05, 4.69) is 0 Å². The maximum absolute atomic E-state index is 11.8. The van der Waals surface area contributed by atoms with Crippen LogP contribution < -0.4 is 34.7 Å². The molecule has 1 heterocycles. The summed E-state index contributed by atoms with van der Waals surface area (Å²) in [7, 11) is 0. The minimum Gasteiger partial charge on any atom is -0.548 e. The molecule has 0 saturated carbocycles. The molecule has 0 bridgehead atoms. The number of ether oxygens (including phenoxy) is 1. The molecule has 2 atom stereocenters. The van der Waals surface area contributed by atoms with Crippen molar-refractivity contribution in [2.75, 3.05) is 6.54 Å². The molecule has 1 N–H and O–H groups in total. The SMILES string of the molecule is CC1(Cc2ccccc2)OC(=O)N(CC(=O)[O-])C1(C)O.[Na+]. The van der Waals surface area contributed by atoms with Gasteiger partial charge >= 0.3 is 35.7 Å². The Balaban J connectivity index is 0.00000220. The van der Waals surface area contributed by atoms with Crippen molar-refractivity contribution in [3.8, 4) is 0 Å². The Bertz CT molecular complexity index is 533. The van der Waals surface area contributed by atoms with Gasteiger partial charge in [0.2, 0.25) is 0 Å². The van der Waals surface area contributed by atoms with Gasteiger partial charge in [0.1, 0.15) is 0 Å². The molecule has 1 fully saturated rings. The Hall–Kier alpha value is -1.08. The number of carboxylic acids is 1. The van der Waals surface area contributed by atoms with Gasteiger partial charge in [-0.25, -0.2) is 4.79 Å². The summed E-state index contributed by atoms with van der Waals surface area (Å²) in [6, 6.07) is 9.21. The molecule has 7 heteroatoms. The number of aliphatic carboxylic acids is 1. The number of carboxylic acid groups (broad SMARTS) is 1. The molecule has 2 rings (SSSR count). The van der Waals surface area contributed by atoms with Crippen molar-refractivity contribution in [2.45, 2.75) is 31.6 Å². The standard InChI is InChI=1S/C14H17NO5.Na/c1-13(8-10-6-4-3-5-7-10)14(2,19)15(9-11(16)17)12(18)20-13;/h3-7,19H,8-9H2,1-2H3,(H,16,17);/q;+1/p-1. The third-order valence-corrected chi connectivity index (χ3v) is 3.73. The molecule has 0 radical (unpaired) electrons. The molecule has 1 aromatic carbocycles. The van der Waals surface area contributed by atoms with Crippen LogP contribution in [-0.2, 0) is 16.0 Å². The van der Waals surface area contributed by atoms with Crippen molar-refractivity contribution in [3.05, 3.63) is 35.9 Å². The van der Waals surface area contributed by atoms with Gasteiger partial charge in [0.25, 0.3) is 0 Å². The first-order valence-electron chi connectivity index (χ1n) is 6.23. The van der Waals surface area contributed by atoms with Crippen LogP contribution in [0.15, 0.2) is 30.3 Å². The van der Waals surface area contributed by atoms with Gasteiger partial charge < -0.3 is 19.7 Å². The predicted octanol–water partition coefficient (Wildman–Crippen LogP) is -3.10. The van der Waals surface area contributed by atoms with Crippen LogP contribution in [0.2, 0.25) is 0 Å². The minimum atomic E-state index is -1.74. The summed E-state index contributed by atoms with van der Waals surface area (Å²) in [5.41, 5.74) is -2.10. The number of rotatable bonds is 4. The van der Waals surface area contributed by atoms with Crippen molar-refractivity contribution >= 4 is 12.1 Å². The smallest absolute Gasteiger partial charge is 0.548 e. The number of hydrogen-bond acceptors (Lipinski definition) is 5. The van der Waals surface area contributed by atoms with Crippen LogP contribution in [-0.4, -0.2) is 39.9 Å². The number of amides is 1. The zero-order valence-electron chi connectivity index (χ0n) is 12.3. The van der Waals surface area contributed by atoms with E-state index in [4.69, 9.17) is 4.74 Å². The Labute approximate surface area is 145 Å². The van der Waals surface area contributed by atoms with E-state index in [1.54, 1.807) is 6.92 Å². The van der Waals surface area contributed by atoms with Gasteiger partial charge in [0.05, 0.1) is 12.5 Å². The van der Waals surface area contributed by atoms with Gasteiger partial charge in [-0.15, -0.1) is 0 Å². The molecule has 1 aliphatic rings. The van der Waals surface area contributed by atoms with Crippen molar-refractivity contribution in [1.82, 2.24) is 4.90 Å². The van der Waals surface area contributed by atoms with Crippen molar-refractivity contribution in [3.63, 3.8) is 0 Å². The molecule has 1 amide bonds. The Morgan fingerprint density at radius 3 is 2.43 bits per heavy atom. The third kappa shape index (κ3) is 3.40. The van der Waals surface area contributed by atoms with Crippen LogP contribution in [0.4, 0.5) is 4.79 Å². The maximum Gasteiger partial charge on any atom is 1.00 e. The van der Waals surface area contributed by atoms with Gasteiger partial charge in [0.15, 0.2) is 11.3 Å². The van der Waals surface area contributed by atoms with Crippen LogP contribution in [0.25, 0.3) is 0 Å². The molecule has 0 spiro atoms. The van der Waals surface area contributed by atoms with Gasteiger partial charge in [-0.2, -0.15) is 0 Å². The average molecular weight is 301 g/mol. The largest absolute Gasteiger partial charge is 1.00 e. The molecule has 0 aliphatic carbocycles. The van der Waals surface area contributed by atoms with Crippen LogP contribution in [0.5, 0.6) is 0 Å². The van der Waals surface area contributed by atoms with Crippen LogP contribution in [0, 0.1) is 0 Å². The Morgan fingerprint density at radius 2 is 1.90 bits per heavy atom. The summed E-state index contributed by atoms with van der Waals surface area (Å²) in [6.45, 7) is 2.23. The number of benzene rings is 1. The summed E-state index contributed by atoms with van der Waals surface area (Å²) in [4.78, 5) is 23.2.